The van der Waals surface area contributed by atoms with E-state index in [-0.39, 0.29) is 17.8 Å². The van der Waals surface area contributed by atoms with Crippen molar-refractivity contribution in [1.82, 2.24) is 0 Å². The Morgan fingerprint density at radius 2 is 2.00 bits per heavy atom. The van der Waals surface area contributed by atoms with Gasteiger partial charge in [0.05, 0.1) is 0 Å². The van der Waals surface area contributed by atoms with Crippen molar-refractivity contribution in [2.45, 2.75) is 20.3 Å². The lowest BCUT2D eigenvalue weighted by Crippen LogP contribution is -2.02. The maximum Gasteiger partial charge on any atom is 0.160 e. The van der Waals surface area contributed by atoms with Gasteiger partial charge in [-0.2, -0.15) is 0 Å². The number of benzene rings is 1. The maximum absolute atomic E-state index is 13.1. The monoisotopic (exact) mass is 210 g/mol. The van der Waals surface area contributed by atoms with Crippen molar-refractivity contribution in [2.24, 2.45) is 0 Å². The molecule has 15 heavy (non-hydrogen) atoms. The van der Waals surface area contributed by atoms with Gasteiger partial charge in [-0.25, -0.2) is 8.78 Å². The molecule has 0 aliphatic carbocycles. The Labute approximate surface area is 87.4 Å². The van der Waals surface area contributed by atoms with E-state index in [1.807, 2.05) is 0 Å². The number of hydrogen-bond donors (Lipinski definition) is 0. The summed E-state index contributed by atoms with van der Waals surface area (Å²) < 4.78 is 25.9. The van der Waals surface area contributed by atoms with E-state index >= 15 is 0 Å². The summed E-state index contributed by atoms with van der Waals surface area (Å²) in [5.41, 5.74) is 0.939. The third-order valence-electron chi connectivity index (χ3n) is 1.82. The summed E-state index contributed by atoms with van der Waals surface area (Å²) in [6, 6.07) is 3.11. The summed E-state index contributed by atoms with van der Waals surface area (Å²) >= 11 is 0. The van der Waals surface area contributed by atoms with E-state index in [2.05, 4.69) is 0 Å². The standard InChI is InChI=1S/C12H12F2O/c1-8(2)5-11(15)7-9-6-10(13)3-4-12(9)14/h3-6H,7H2,1-2H3. The third-order valence-corrected chi connectivity index (χ3v) is 1.82. The molecule has 80 valence electrons. The van der Waals surface area contributed by atoms with Crippen molar-refractivity contribution in [2.75, 3.05) is 0 Å². The van der Waals surface area contributed by atoms with E-state index < -0.39 is 11.6 Å². The van der Waals surface area contributed by atoms with E-state index in [0.29, 0.717) is 0 Å². The first-order chi connectivity index (χ1) is 6.99. The van der Waals surface area contributed by atoms with E-state index in [9.17, 15) is 13.6 Å². The number of allylic oxidation sites excluding steroid dienone is 2. The molecule has 0 saturated carbocycles. The normalized spacial score (nSPS) is 9.87. The quantitative estimate of drug-likeness (QED) is 0.701. The summed E-state index contributed by atoms with van der Waals surface area (Å²) in [5.74, 6) is -1.30. The van der Waals surface area contributed by atoms with Crippen molar-refractivity contribution in [3.8, 4) is 0 Å². The SMILES string of the molecule is CC(C)=CC(=O)Cc1cc(F)ccc1F. The second-order valence-corrected chi connectivity index (χ2v) is 3.60. The van der Waals surface area contributed by atoms with Gasteiger partial charge in [0.2, 0.25) is 0 Å². The van der Waals surface area contributed by atoms with E-state index in [1.54, 1.807) is 13.8 Å². The lowest BCUT2D eigenvalue weighted by atomic mass is 10.1. The summed E-state index contributed by atoms with van der Waals surface area (Å²) in [6.45, 7) is 3.56. The lowest BCUT2D eigenvalue weighted by Gasteiger charge is -2.00. The number of halogens is 2. The molecule has 1 nitrogen and oxygen atoms in total. The van der Waals surface area contributed by atoms with Gasteiger partial charge in [0.1, 0.15) is 11.6 Å². The number of ketones is 1. The maximum atomic E-state index is 13.1. The summed E-state index contributed by atoms with van der Waals surface area (Å²) in [4.78, 5) is 11.3. The molecule has 0 bridgehead atoms. The molecule has 0 amide bonds. The minimum atomic E-state index is -0.549. The predicted molar refractivity (Wildman–Crippen MR) is 54.5 cm³/mol. The molecule has 1 aromatic rings. The van der Waals surface area contributed by atoms with Crippen molar-refractivity contribution in [3.05, 3.63) is 47.0 Å². The van der Waals surface area contributed by atoms with Crippen molar-refractivity contribution in [3.63, 3.8) is 0 Å². The van der Waals surface area contributed by atoms with Crippen LogP contribution in [-0.2, 0) is 11.2 Å². The molecule has 1 aromatic carbocycles. The Morgan fingerprint density at radius 3 is 2.60 bits per heavy atom. The van der Waals surface area contributed by atoms with Gasteiger partial charge in [0.25, 0.3) is 0 Å². The summed E-state index contributed by atoms with van der Waals surface area (Å²) in [6.07, 6.45) is 1.32. The topological polar surface area (TPSA) is 17.1 Å². The molecule has 0 unspecified atom stereocenters. The first kappa shape index (κ1) is 11.6. The molecule has 0 fully saturated rings. The van der Waals surface area contributed by atoms with Gasteiger partial charge in [0.15, 0.2) is 5.78 Å². The fourth-order valence-electron chi connectivity index (χ4n) is 1.24. The van der Waals surface area contributed by atoms with Crippen LogP contribution in [0.2, 0.25) is 0 Å². The van der Waals surface area contributed by atoms with E-state index in [1.165, 1.54) is 6.08 Å². The molecule has 0 saturated heterocycles. The Kier molecular flexibility index (Phi) is 3.72. The lowest BCUT2D eigenvalue weighted by molar-refractivity contribution is -0.114. The van der Waals surface area contributed by atoms with Gasteiger partial charge in [-0.15, -0.1) is 0 Å². The molecule has 0 radical (unpaired) electrons. The fraction of sp³-hybridized carbons (Fsp3) is 0.250. The molecule has 1 rings (SSSR count). The minimum Gasteiger partial charge on any atom is -0.294 e. The van der Waals surface area contributed by atoms with E-state index in [4.69, 9.17) is 0 Å². The second kappa shape index (κ2) is 4.82. The number of carbonyl (C=O) groups is 1. The van der Waals surface area contributed by atoms with Gasteiger partial charge in [-0.1, -0.05) is 5.57 Å². The fourth-order valence-corrected chi connectivity index (χ4v) is 1.24. The zero-order chi connectivity index (χ0) is 11.4. The minimum absolute atomic E-state index is 0.0949. The highest BCUT2D eigenvalue weighted by atomic mass is 19.1. The Balaban J connectivity index is 2.85. The molecule has 0 heterocycles. The van der Waals surface area contributed by atoms with Gasteiger partial charge >= 0.3 is 0 Å². The highest BCUT2D eigenvalue weighted by molar-refractivity contribution is 5.91. The second-order valence-electron chi connectivity index (χ2n) is 3.60. The molecule has 3 heteroatoms. The van der Waals surface area contributed by atoms with Crippen LogP contribution >= 0.6 is 0 Å². The van der Waals surface area contributed by atoms with Crippen LogP contribution in [0.25, 0.3) is 0 Å². The van der Waals surface area contributed by atoms with Crippen molar-refractivity contribution in [1.29, 1.82) is 0 Å². The van der Waals surface area contributed by atoms with Crippen LogP contribution < -0.4 is 0 Å². The zero-order valence-corrected chi connectivity index (χ0v) is 8.68. The molecule has 0 N–H and O–H groups in total. The molecule has 0 aliphatic rings. The van der Waals surface area contributed by atoms with Crippen LogP contribution in [0.15, 0.2) is 29.8 Å². The Hall–Kier alpha value is -1.51. The highest BCUT2D eigenvalue weighted by Crippen LogP contribution is 2.11. The third kappa shape index (κ3) is 3.62. The van der Waals surface area contributed by atoms with Crippen LogP contribution in [0.4, 0.5) is 8.78 Å². The first-order valence-electron chi connectivity index (χ1n) is 4.60. The van der Waals surface area contributed by atoms with Crippen LogP contribution in [0.3, 0.4) is 0 Å². The first-order valence-corrected chi connectivity index (χ1v) is 4.60. The van der Waals surface area contributed by atoms with E-state index in [0.717, 1.165) is 23.8 Å². The summed E-state index contributed by atoms with van der Waals surface area (Å²) in [5, 5.41) is 0. The van der Waals surface area contributed by atoms with Crippen LogP contribution in [0.1, 0.15) is 19.4 Å². The number of hydrogen-bond acceptors (Lipinski definition) is 1. The van der Waals surface area contributed by atoms with Crippen LogP contribution in [0.5, 0.6) is 0 Å². The van der Waals surface area contributed by atoms with Gasteiger partial charge in [-0.3, -0.25) is 4.79 Å². The Morgan fingerprint density at radius 1 is 1.33 bits per heavy atom. The predicted octanol–water partition coefficient (Wildman–Crippen LogP) is 3.04. The van der Waals surface area contributed by atoms with Gasteiger partial charge < -0.3 is 0 Å². The zero-order valence-electron chi connectivity index (χ0n) is 8.68. The number of rotatable bonds is 3. The summed E-state index contributed by atoms with van der Waals surface area (Å²) in [7, 11) is 0. The molecule has 0 spiro atoms. The van der Waals surface area contributed by atoms with Gasteiger partial charge in [0, 0.05) is 6.42 Å². The van der Waals surface area contributed by atoms with Crippen LogP contribution in [0, 0.1) is 11.6 Å². The average Bonchev–Trinajstić information content (AvgIpc) is 2.10. The van der Waals surface area contributed by atoms with Crippen molar-refractivity contribution < 1.29 is 13.6 Å². The van der Waals surface area contributed by atoms with Gasteiger partial charge in [-0.05, 0) is 43.7 Å². The molecular weight excluding hydrogens is 198 g/mol. The smallest absolute Gasteiger partial charge is 0.160 e. The molecule has 0 atom stereocenters. The molecule has 0 aromatic heterocycles. The largest absolute Gasteiger partial charge is 0.294 e. The molecule has 0 aliphatic heterocycles. The van der Waals surface area contributed by atoms with Crippen molar-refractivity contribution >= 4 is 5.78 Å². The molecular formula is C12H12F2O. The Bertz CT molecular complexity index is 404. The highest BCUT2D eigenvalue weighted by Gasteiger charge is 2.07. The average molecular weight is 210 g/mol. The number of carbonyl (C=O) groups excluding carboxylic acids is 1. The van der Waals surface area contributed by atoms with Crippen LogP contribution in [-0.4, -0.2) is 5.78 Å².